The summed E-state index contributed by atoms with van der Waals surface area (Å²) in [5.41, 5.74) is 1.53. The molecule has 2 heterocycles. The number of anilines is 1. The third kappa shape index (κ3) is 4.76. The van der Waals surface area contributed by atoms with Crippen molar-refractivity contribution in [2.45, 2.75) is 30.7 Å². The van der Waals surface area contributed by atoms with Gasteiger partial charge in [0.15, 0.2) is 0 Å². The molecule has 0 bridgehead atoms. The summed E-state index contributed by atoms with van der Waals surface area (Å²) in [4.78, 5) is 17.3. The average molecular weight is 466 g/mol. The zero-order chi connectivity index (χ0) is 23.5. The van der Waals surface area contributed by atoms with Crippen LogP contribution < -0.4 is 15.0 Å². The van der Waals surface area contributed by atoms with Crippen LogP contribution in [-0.4, -0.2) is 76.6 Å². The van der Waals surface area contributed by atoms with Crippen LogP contribution in [0.2, 0.25) is 0 Å². The predicted octanol–water partition coefficient (Wildman–Crippen LogP) is 2.05. The summed E-state index contributed by atoms with van der Waals surface area (Å²) < 4.78 is 19.7. The lowest BCUT2D eigenvalue weighted by molar-refractivity contribution is 0.00527. The molecular formula is C25H28FN5O3. The molecule has 5 rings (SSSR count). The van der Waals surface area contributed by atoms with Gasteiger partial charge in [-0.05, 0) is 30.3 Å². The number of carbonyl (C=O) groups is 1. The summed E-state index contributed by atoms with van der Waals surface area (Å²) in [7, 11) is 0. The van der Waals surface area contributed by atoms with Crippen LogP contribution in [0.4, 0.5) is 10.1 Å². The number of benzene rings is 2. The van der Waals surface area contributed by atoms with Crippen molar-refractivity contribution in [2.24, 2.45) is 0 Å². The largest absolute Gasteiger partial charge is 0.487 e. The quantitative estimate of drug-likeness (QED) is 0.516. The molecule has 3 N–H and O–H groups in total. The van der Waals surface area contributed by atoms with Gasteiger partial charge in [0.2, 0.25) is 0 Å². The molecule has 1 aliphatic heterocycles. The normalized spacial score (nSPS) is 25.3. The van der Waals surface area contributed by atoms with E-state index in [1.807, 2.05) is 18.2 Å². The molecule has 2 fully saturated rings. The summed E-state index contributed by atoms with van der Waals surface area (Å²) in [6.45, 7) is 3.09. The molecule has 0 unspecified atom stereocenters. The second-order valence-electron chi connectivity index (χ2n) is 8.74. The fraction of sp³-hybridized carbons (Fsp3) is 0.360. The Labute approximate surface area is 197 Å². The highest BCUT2D eigenvalue weighted by Gasteiger charge is 2.48. The van der Waals surface area contributed by atoms with Crippen LogP contribution in [0.3, 0.4) is 0 Å². The SMILES string of the molecule is O=C(N[C@@H]1C[C@@H](Oc2cccc(F)c2)[C@H](O)[C@H]1N1CCN(c2ccccc2)CC1)c1ccn[nH]1. The van der Waals surface area contributed by atoms with Gasteiger partial charge in [-0.3, -0.25) is 14.8 Å². The highest BCUT2D eigenvalue weighted by Crippen LogP contribution is 2.31. The lowest BCUT2D eigenvalue weighted by Crippen LogP contribution is -2.59. The first-order valence-electron chi connectivity index (χ1n) is 11.5. The summed E-state index contributed by atoms with van der Waals surface area (Å²) in [6.07, 6.45) is 0.500. The number of aliphatic hydroxyl groups excluding tert-OH is 1. The minimum Gasteiger partial charge on any atom is -0.487 e. The van der Waals surface area contributed by atoms with Gasteiger partial charge in [0.25, 0.3) is 5.91 Å². The lowest BCUT2D eigenvalue weighted by Gasteiger charge is -2.42. The Bertz CT molecular complexity index is 1090. The van der Waals surface area contributed by atoms with Gasteiger partial charge in [-0.25, -0.2) is 4.39 Å². The maximum atomic E-state index is 13.7. The molecule has 2 aliphatic rings. The molecule has 0 radical (unpaired) electrons. The van der Waals surface area contributed by atoms with E-state index in [0.29, 0.717) is 17.9 Å². The van der Waals surface area contributed by atoms with E-state index in [2.05, 4.69) is 37.4 Å². The topological polar surface area (TPSA) is 93.7 Å². The Morgan fingerprint density at radius 2 is 1.88 bits per heavy atom. The number of nitrogens with one attached hydrogen (secondary N) is 2. The first kappa shape index (κ1) is 22.4. The molecule has 0 spiro atoms. The van der Waals surface area contributed by atoms with Crippen LogP contribution >= 0.6 is 0 Å². The number of halogens is 1. The molecule has 1 aromatic heterocycles. The van der Waals surface area contributed by atoms with Crippen LogP contribution in [0, 0.1) is 5.82 Å². The van der Waals surface area contributed by atoms with Gasteiger partial charge in [-0.2, -0.15) is 5.10 Å². The molecule has 178 valence electrons. The Balaban J connectivity index is 1.32. The molecule has 2 aromatic carbocycles. The van der Waals surface area contributed by atoms with E-state index in [4.69, 9.17) is 4.74 Å². The van der Waals surface area contributed by atoms with Crippen molar-refractivity contribution >= 4 is 11.6 Å². The van der Waals surface area contributed by atoms with Crippen molar-refractivity contribution in [1.82, 2.24) is 20.4 Å². The summed E-state index contributed by atoms with van der Waals surface area (Å²) in [5.74, 6) is -0.325. The smallest absolute Gasteiger partial charge is 0.269 e. The van der Waals surface area contributed by atoms with Crippen molar-refractivity contribution in [1.29, 1.82) is 0 Å². The van der Waals surface area contributed by atoms with Crippen molar-refractivity contribution in [3.63, 3.8) is 0 Å². The Morgan fingerprint density at radius 1 is 1.09 bits per heavy atom. The van der Waals surface area contributed by atoms with Gasteiger partial charge in [-0.1, -0.05) is 24.3 Å². The number of aliphatic hydroxyl groups is 1. The third-order valence-electron chi connectivity index (χ3n) is 6.63. The van der Waals surface area contributed by atoms with Crippen molar-refractivity contribution in [2.75, 3.05) is 31.1 Å². The molecule has 34 heavy (non-hydrogen) atoms. The Morgan fingerprint density at radius 3 is 2.59 bits per heavy atom. The minimum absolute atomic E-state index is 0.283. The number of aromatic amines is 1. The highest BCUT2D eigenvalue weighted by molar-refractivity contribution is 5.92. The van der Waals surface area contributed by atoms with Gasteiger partial charge in [-0.15, -0.1) is 0 Å². The third-order valence-corrected chi connectivity index (χ3v) is 6.63. The second-order valence-corrected chi connectivity index (χ2v) is 8.74. The zero-order valence-electron chi connectivity index (χ0n) is 18.7. The molecule has 1 amide bonds. The first-order chi connectivity index (χ1) is 16.6. The number of aromatic nitrogens is 2. The van der Waals surface area contributed by atoms with E-state index in [1.165, 1.54) is 24.0 Å². The number of hydrogen-bond acceptors (Lipinski definition) is 6. The van der Waals surface area contributed by atoms with Crippen molar-refractivity contribution in [3.8, 4) is 5.75 Å². The van der Waals surface area contributed by atoms with Crippen LogP contribution in [0.5, 0.6) is 5.75 Å². The molecular weight excluding hydrogens is 437 g/mol. The number of H-pyrrole nitrogens is 1. The van der Waals surface area contributed by atoms with Crippen LogP contribution in [-0.2, 0) is 0 Å². The van der Waals surface area contributed by atoms with Crippen LogP contribution in [0.15, 0.2) is 66.9 Å². The lowest BCUT2D eigenvalue weighted by atomic mass is 10.1. The molecule has 4 atom stereocenters. The molecule has 1 saturated carbocycles. The Hall–Kier alpha value is -3.43. The van der Waals surface area contributed by atoms with Gasteiger partial charge < -0.3 is 20.1 Å². The molecule has 9 heteroatoms. The van der Waals surface area contributed by atoms with Crippen LogP contribution in [0.25, 0.3) is 0 Å². The molecule has 1 saturated heterocycles. The van der Waals surface area contributed by atoms with Gasteiger partial charge in [0.05, 0.1) is 12.1 Å². The highest BCUT2D eigenvalue weighted by atomic mass is 19.1. The number of carbonyl (C=O) groups excluding carboxylic acids is 1. The molecule has 8 nitrogen and oxygen atoms in total. The summed E-state index contributed by atoms with van der Waals surface area (Å²) in [5, 5.41) is 20.9. The number of amides is 1. The van der Waals surface area contributed by atoms with Gasteiger partial charge >= 0.3 is 0 Å². The Kier molecular flexibility index (Phi) is 6.46. The van der Waals surface area contributed by atoms with Crippen molar-refractivity contribution < 1.29 is 19.0 Å². The van der Waals surface area contributed by atoms with E-state index >= 15 is 0 Å². The number of para-hydroxylation sites is 1. The van der Waals surface area contributed by atoms with Gasteiger partial charge in [0.1, 0.15) is 29.5 Å². The summed E-state index contributed by atoms with van der Waals surface area (Å²) >= 11 is 0. The first-order valence-corrected chi connectivity index (χ1v) is 11.5. The van der Waals surface area contributed by atoms with Gasteiger partial charge in [0, 0.05) is 50.6 Å². The monoisotopic (exact) mass is 465 g/mol. The second kappa shape index (κ2) is 9.82. The van der Waals surface area contributed by atoms with E-state index in [-0.39, 0.29) is 18.0 Å². The predicted molar refractivity (Wildman–Crippen MR) is 125 cm³/mol. The number of piperazine rings is 1. The number of rotatable bonds is 6. The number of nitrogens with zero attached hydrogens (tertiary/aromatic N) is 3. The molecule has 3 aromatic rings. The van der Waals surface area contributed by atoms with E-state index < -0.39 is 18.0 Å². The standard InChI is InChI=1S/C25H28FN5O3/c26-17-5-4-8-19(15-17)34-22-16-21(28-25(33)20-9-10-27-29-20)23(24(22)32)31-13-11-30(12-14-31)18-6-2-1-3-7-18/h1-10,15,21-24,32H,11-14,16H2,(H,27,29)(H,28,33)/t21-,22-,23+,24+/m1/s1. The van der Waals surface area contributed by atoms with Crippen LogP contribution in [0.1, 0.15) is 16.9 Å². The van der Waals surface area contributed by atoms with E-state index in [9.17, 15) is 14.3 Å². The fourth-order valence-corrected chi connectivity index (χ4v) is 4.98. The number of hydrogen-bond donors (Lipinski definition) is 3. The maximum absolute atomic E-state index is 13.7. The molecule has 1 aliphatic carbocycles. The zero-order valence-corrected chi connectivity index (χ0v) is 18.7. The van der Waals surface area contributed by atoms with E-state index in [0.717, 1.165) is 26.2 Å². The van der Waals surface area contributed by atoms with Crippen molar-refractivity contribution in [3.05, 3.63) is 78.4 Å². The maximum Gasteiger partial charge on any atom is 0.269 e. The number of ether oxygens (including phenoxy) is 1. The summed E-state index contributed by atoms with van der Waals surface area (Å²) in [6, 6.07) is 17.1. The van der Waals surface area contributed by atoms with E-state index in [1.54, 1.807) is 18.2 Å². The average Bonchev–Trinajstić information content (AvgIpc) is 3.49. The fourth-order valence-electron chi connectivity index (χ4n) is 4.98. The minimum atomic E-state index is -0.849.